The lowest BCUT2D eigenvalue weighted by Gasteiger charge is -2.14. The third kappa shape index (κ3) is 5.69. The number of nitrogens with zero attached hydrogens (tertiary/aromatic N) is 2. The third-order valence-corrected chi connectivity index (χ3v) is 8.19. The molecule has 0 saturated heterocycles. The van der Waals surface area contributed by atoms with Crippen LogP contribution in [0.4, 0.5) is 11.4 Å². The highest BCUT2D eigenvalue weighted by atomic mass is 32.2. The van der Waals surface area contributed by atoms with Crippen LogP contribution in [-0.2, 0) is 9.84 Å². The summed E-state index contributed by atoms with van der Waals surface area (Å²) >= 11 is 0. The molecule has 4 rings (SSSR count). The van der Waals surface area contributed by atoms with Gasteiger partial charge in [-0.05, 0) is 46.8 Å². The van der Waals surface area contributed by atoms with Gasteiger partial charge in [-0.3, -0.25) is 0 Å². The average Bonchev–Trinajstić information content (AvgIpc) is 2.88. The summed E-state index contributed by atoms with van der Waals surface area (Å²) < 4.78 is 27.9. The van der Waals surface area contributed by atoms with Gasteiger partial charge in [-0.2, -0.15) is 0 Å². The minimum atomic E-state index is -3.70. The highest BCUT2D eigenvalue weighted by Gasteiger charge is 2.25. The number of anilines is 2. The zero-order valence-electron chi connectivity index (χ0n) is 21.2. The molecule has 0 spiro atoms. The van der Waals surface area contributed by atoms with Gasteiger partial charge in [0.05, 0.1) is 4.90 Å². The largest absolute Gasteiger partial charge is 0.378 e. The first-order valence-electron chi connectivity index (χ1n) is 11.9. The Kier molecular flexibility index (Phi) is 7.61. The van der Waals surface area contributed by atoms with E-state index in [0.29, 0.717) is 4.90 Å². The van der Waals surface area contributed by atoms with Gasteiger partial charge in [0.2, 0.25) is 0 Å². The summed E-state index contributed by atoms with van der Waals surface area (Å²) in [5, 5.41) is 0.812. The van der Waals surface area contributed by atoms with E-state index in [0.717, 1.165) is 33.3 Å². The summed E-state index contributed by atoms with van der Waals surface area (Å²) in [7, 11) is 4.27. The lowest BCUT2D eigenvalue weighted by atomic mass is 10.1. The van der Waals surface area contributed by atoms with Crippen LogP contribution in [0, 0.1) is 0 Å². The Morgan fingerprint density at radius 3 is 1.58 bits per heavy atom. The van der Waals surface area contributed by atoms with Crippen LogP contribution in [0.1, 0.15) is 11.1 Å². The fourth-order valence-electron chi connectivity index (χ4n) is 4.04. The Bertz CT molecular complexity index is 1420. The highest BCUT2D eigenvalue weighted by molar-refractivity contribution is 7.92. The number of fused-ring (bicyclic) bond motifs is 1. The van der Waals surface area contributed by atoms with Crippen LogP contribution < -0.4 is 9.80 Å². The summed E-state index contributed by atoms with van der Waals surface area (Å²) in [4.78, 5) is 4.41. The Morgan fingerprint density at radius 2 is 1.08 bits per heavy atom. The molecule has 0 aliphatic rings. The van der Waals surface area contributed by atoms with Crippen LogP contribution in [0.25, 0.3) is 22.9 Å². The van der Waals surface area contributed by atoms with Gasteiger partial charge in [-0.1, -0.05) is 85.0 Å². The van der Waals surface area contributed by atoms with Crippen LogP contribution in [0.3, 0.4) is 0 Å². The van der Waals surface area contributed by atoms with Crippen molar-refractivity contribution < 1.29 is 8.42 Å². The van der Waals surface area contributed by atoms with Gasteiger partial charge in [0, 0.05) is 45.0 Å². The number of hydrogen-bond donors (Lipinski definition) is 0. The Hall–Kier alpha value is -3.83. The number of rotatable bonds is 8. The van der Waals surface area contributed by atoms with E-state index in [1.165, 1.54) is 0 Å². The van der Waals surface area contributed by atoms with Gasteiger partial charge >= 0.3 is 0 Å². The average molecular weight is 497 g/mol. The van der Waals surface area contributed by atoms with Crippen LogP contribution in [0.15, 0.2) is 108 Å². The molecule has 4 nitrogen and oxygen atoms in total. The second-order valence-electron chi connectivity index (χ2n) is 9.18. The van der Waals surface area contributed by atoms with Crippen molar-refractivity contribution in [2.75, 3.05) is 38.0 Å². The predicted molar refractivity (Wildman–Crippen MR) is 155 cm³/mol. The lowest BCUT2D eigenvalue weighted by molar-refractivity contribution is 0.595. The molecule has 0 aliphatic heterocycles. The molecular weight excluding hydrogens is 464 g/mol. The second-order valence-corrected chi connectivity index (χ2v) is 11.3. The van der Waals surface area contributed by atoms with E-state index in [-0.39, 0.29) is 0 Å². The first-order valence-corrected chi connectivity index (χ1v) is 13.4. The molecule has 0 saturated carbocycles. The van der Waals surface area contributed by atoms with Gasteiger partial charge in [0.25, 0.3) is 0 Å². The Morgan fingerprint density at radius 1 is 0.611 bits per heavy atom. The summed E-state index contributed by atoms with van der Waals surface area (Å²) in [6.07, 6.45) is 7.30. The van der Waals surface area contributed by atoms with Gasteiger partial charge in [-0.25, -0.2) is 8.42 Å². The molecule has 0 N–H and O–H groups in total. The zero-order chi connectivity index (χ0) is 25.7. The fourth-order valence-corrected chi connectivity index (χ4v) is 5.67. The van der Waals surface area contributed by atoms with Gasteiger partial charge in [-0.15, -0.1) is 0 Å². The molecule has 0 radical (unpaired) electrons. The van der Waals surface area contributed by atoms with Crippen molar-refractivity contribution in [3.05, 3.63) is 114 Å². The van der Waals surface area contributed by atoms with E-state index in [2.05, 4.69) is 0 Å². The molecule has 0 aromatic heterocycles. The van der Waals surface area contributed by atoms with Crippen molar-refractivity contribution in [3.8, 4) is 0 Å². The van der Waals surface area contributed by atoms with E-state index in [4.69, 9.17) is 0 Å². The van der Waals surface area contributed by atoms with E-state index in [1.807, 2.05) is 129 Å². The highest BCUT2D eigenvalue weighted by Crippen LogP contribution is 2.28. The van der Waals surface area contributed by atoms with E-state index in [9.17, 15) is 8.42 Å². The molecule has 5 heteroatoms. The Labute approximate surface area is 214 Å². The summed E-state index contributed by atoms with van der Waals surface area (Å²) in [5.74, 6) is 0. The van der Waals surface area contributed by atoms with Gasteiger partial charge < -0.3 is 9.80 Å². The molecule has 184 valence electrons. The molecule has 0 amide bonds. The van der Waals surface area contributed by atoms with Gasteiger partial charge in [0.15, 0.2) is 9.84 Å². The van der Waals surface area contributed by atoms with E-state index >= 15 is 0 Å². The Balaban J connectivity index is 1.73. The van der Waals surface area contributed by atoms with E-state index < -0.39 is 15.1 Å². The van der Waals surface area contributed by atoms with Crippen molar-refractivity contribution in [2.24, 2.45) is 0 Å². The van der Waals surface area contributed by atoms with E-state index in [1.54, 1.807) is 24.3 Å². The first-order chi connectivity index (χ1) is 17.3. The molecule has 0 atom stereocenters. The summed E-state index contributed by atoms with van der Waals surface area (Å²) in [6.45, 7) is 0. The molecular formula is C31H32N2O2S. The van der Waals surface area contributed by atoms with Crippen molar-refractivity contribution in [1.29, 1.82) is 0 Å². The maximum absolute atomic E-state index is 14.0. The van der Waals surface area contributed by atoms with Crippen molar-refractivity contribution >= 4 is 44.1 Å². The molecule has 36 heavy (non-hydrogen) atoms. The molecule has 0 fully saturated rings. The van der Waals surface area contributed by atoms with Crippen LogP contribution in [-0.4, -0.2) is 41.9 Å². The van der Waals surface area contributed by atoms with Crippen molar-refractivity contribution in [3.63, 3.8) is 0 Å². The quantitative estimate of drug-likeness (QED) is 0.278. The predicted octanol–water partition coefficient (Wildman–Crippen LogP) is 6.54. The topological polar surface area (TPSA) is 40.6 Å². The SMILES string of the molecule is CN(C)c1ccc(C=CC(C=Cc2ccc(N(C)C)cc2)S(=O)(=O)c2cccc3ccccc23)cc1. The lowest BCUT2D eigenvalue weighted by Crippen LogP contribution is -2.17. The normalized spacial score (nSPS) is 12.9. The van der Waals surface area contributed by atoms with Crippen LogP contribution in [0.2, 0.25) is 0 Å². The third-order valence-electron chi connectivity index (χ3n) is 6.19. The van der Waals surface area contributed by atoms with Crippen LogP contribution in [0.5, 0.6) is 0 Å². The molecule has 4 aromatic rings. The number of hydrogen-bond acceptors (Lipinski definition) is 4. The van der Waals surface area contributed by atoms with Gasteiger partial charge in [0.1, 0.15) is 5.25 Å². The molecule has 0 heterocycles. The molecule has 0 unspecified atom stereocenters. The maximum atomic E-state index is 14.0. The monoisotopic (exact) mass is 496 g/mol. The number of benzene rings is 4. The van der Waals surface area contributed by atoms with Crippen LogP contribution >= 0.6 is 0 Å². The first kappa shape index (κ1) is 25.3. The van der Waals surface area contributed by atoms with Crippen molar-refractivity contribution in [2.45, 2.75) is 10.1 Å². The minimum Gasteiger partial charge on any atom is -0.378 e. The summed E-state index contributed by atoms with van der Waals surface area (Å²) in [5.41, 5.74) is 4.08. The minimum absolute atomic E-state index is 0.339. The van der Waals surface area contributed by atoms with Crippen molar-refractivity contribution in [1.82, 2.24) is 0 Å². The number of sulfone groups is 1. The maximum Gasteiger partial charge on any atom is 0.188 e. The smallest absolute Gasteiger partial charge is 0.188 e. The molecule has 0 aliphatic carbocycles. The molecule has 0 bridgehead atoms. The zero-order valence-corrected chi connectivity index (χ0v) is 22.0. The summed E-state index contributed by atoms with van der Waals surface area (Å²) in [6, 6.07) is 29.1. The second kappa shape index (κ2) is 10.8. The standard InChI is InChI=1S/C31H32N2O2S/c1-32(2)27-18-12-24(13-19-27)16-22-29(23-17-25-14-20-28(21-15-25)33(3)4)36(34,35)31-11-7-9-26-8-5-6-10-30(26)31/h5-23,29H,1-4H3. The molecule has 4 aromatic carbocycles. The fraction of sp³-hybridized carbons (Fsp3) is 0.161.